The number of nitrogens with one attached hydrogen (secondary N) is 1. The molecular formula is C9H13N3OS. The number of aromatic nitrogens is 2. The second-order valence-corrected chi connectivity index (χ2v) is 4.53. The number of carbonyl (C=O) groups excluding carboxylic acids is 1. The highest BCUT2D eigenvalue weighted by Crippen LogP contribution is 2.41. The van der Waals surface area contributed by atoms with Gasteiger partial charge in [0.25, 0.3) is 0 Å². The summed E-state index contributed by atoms with van der Waals surface area (Å²) >= 11 is 1.50. The van der Waals surface area contributed by atoms with E-state index in [1.54, 1.807) is 0 Å². The fourth-order valence-electron chi connectivity index (χ4n) is 1.19. The molecule has 14 heavy (non-hydrogen) atoms. The first-order valence-corrected chi connectivity index (χ1v) is 5.74. The molecule has 1 N–H and O–H groups in total. The van der Waals surface area contributed by atoms with Gasteiger partial charge in [0, 0.05) is 12.3 Å². The maximum atomic E-state index is 11.2. The Labute approximate surface area is 86.7 Å². The van der Waals surface area contributed by atoms with Crippen LogP contribution in [-0.2, 0) is 4.79 Å². The number of anilines is 1. The van der Waals surface area contributed by atoms with Gasteiger partial charge >= 0.3 is 0 Å². The minimum atomic E-state index is 0.0333. The number of hydrogen-bond donors (Lipinski definition) is 1. The minimum absolute atomic E-state index is 0.0333. The number of carbonyl (C=O) groups is 1. The largest absolute Gasteiger partial charge is 0.301 e. The van der Waals surface area contributed by atoms with Gasteiger partial charge in [-0.05, 0) is 19.3 Å². The fraction of sp³-hybridized carbons (Fsp3) is 0.667. The third-order valence-electron chi connectivity index (χ3n) is 2.09. The molecule has 1 fully saturated rings. The zero-order valence-corrected chi connectivity index (χ0v) is 8.93. The Morgan fingerprint density at radius 2 is 2.36 bits per heavy atom. The van der Waals surface area contributed by atoms with Crippen molar-refractivity contribution in [2.75, 3.05) is 5.32 Å². The maximum absolute atomic E-state index is 11.2. The molecule has 4 nitrogen and oxygen atoms in total. The molecule has 0 bridgehead atoms. The van der Waals surface area contributed by atoms with E-state index in [1.807, 2.05) is 6.92 Å². The van der Waals surface area contributed by atoms with Gasteiger partial charge in [0.05, 0.1) is 0 Å². The monoisotopic (exact) mass is 211 g/mol. The molecule has 0 spiro atoms. The number of nitrogens with zero attached hydrogens (tertiary/aromatic N) is 2. The Bertz CT molecular complexity index is 333. The Kier molecular flexibility index (Phi) is 2.77. The van der Waals surface area contributed by atoms with E-state index in [0.717, 1.165) is 11.4 Å². The van der Waals surface area contributed by atoms with Gasteiger partial charge in [-0.25, -0.2) is 0 Å². The quantitative estimate of drug-likeness (QED) is 0.830. The summed E-state index contributed by atoms with van der Waals surface area (Å²) in [6.07, 6.45) is 3.85. The highest BCUT2D eigenvalue weighted by atomic mass is 32.1. The van der Waals surface area contributed by atoms with Crippen LogP contribution in [-0.4, -0.2) is 16.1 Å². The number of hydrogen-bond acceptors (Lipinski definition) is 4. The predicted octanol–water partition coefficient (Wildman–Crippen LogP) is 2.15. The highest BCUT2D eigenvalue weighted by Gasteiger charge is 2.27. The van der Waals surface area contributed by atoms with Crippen LogP contribution in [0, 0.1) is 0 Å². The Balaban J connectivity index is 1.92. The zero-order valence-electron chi connectivity index (χ0n) is 8.12. The molecule has 1 saturated carbocycles. The first kappa shape index (κ1) is 9.58. The summed E-state index contributed by atoms with van der Waals surface area (Å²) < 4.78 is 0. The van der Waals surface area contributed by atoms with E-state index in [2.05, 4.69) is 15.5 Å². The molecule has 1 amide bonds. The first-order chi connectivity index (χ1) is 6.79. The molecule has 1 aromatic heterocycles. The van der Waals surface area contributed by atoms with Crippen molar-refractivity contribution in [1.82, 2.24) is 10.2 Å². The van der Waals surface area contributed by atoms with E-state index in [9.17, 15) is 4.79 Å². The van der Waals surface area contributed by atoms with Crippen LogP contribution in [0.25, 0.3) is 0 Å². The molecule has 2 rings (SSSR count). The Morgan fingerprint density at radius 1 is 1.57 bits per heavy atom. The number of rotatable bonds is 4. The average Bonchev–Trinajstić information content (AvgIpc) is 2.89. The minimum Gasteiger partial charge on any atom is -0.301 e. The Morgan fingerprint density at radius 3 is 3.00 bits per heavy atom. The average molecular weight is 211 g/mol. The summed E-state index contributed by atoms with van der Waals surface area (Å²) in [5, 5.41) is 12.4. The standard InChI is InChI=1S/C9H13N3OS/c1-2-3-7(13)10-9-12-11-8(14-9)6-4-5-6/h6H,2-5H2,1H3,(H,10,12,13). The van der Waals surface area contributed by atoms with E-state index in [4.69, 9.17) is 0 Å². The summed E-state index contributed by atoms with van der Waals surface area (Å²) in [5.74, 6) is 0.648. The normalized spacial score (nSPS) is 15.5. The van der Waals surface area contributed by atoms with Crippen molar-refractivity contribution in [3.63, 3.8) is 0 Å². The zero-order chi connectivity index (χ0) is 9.97. The third-order valence-corrected chi connectivity index (χ3v) is 3.09. The lowest BCUT2D eigenvalue weighted by Gasteiger charge is -1.96. The van der Waals surface area contributed by atoms with Crippen molar-refractivity contribution in [3.05, 3.63) is 5.01 Å². The van der Waals surface area contributed by atoms with Crippen LogP contribution in [0.4, 0.5) is 5.13 Å². The Hall–Kier alpha value is -0.970. The molecule has 0 radical (unpaired) electrons. The van der Waals surface area contributed by atoms with Gasteiger partial charge in [-0.3, -0.25) is 4.79 Å². The van der Waals surface area contributed by atoms with Crippen molar-refractivity contribution in [3.8, 4) is 0 Å². The molecule has 1 aliphatic carbocycles. The summed E-state index contributed by atoms with van der Waals surface area (Å²) in [7, 11) is 0. The van der Waals surface area contributed by atoms with Crippen LogP contribution in [0.1, 0.15) is 43.5 Å². The van der Waals surface area contributed by atoms with Gasteiger partial charge < -0.3 is 5.32 Å². The fourth-order valence-corrected chi connectivity index (χ4v) is 2.12. The SMILES string of the molecule is CCCC(=O)Nc1nnc(C2CC2)s1. The summed E-state index contributed by atoms with van der Waals surface area (Å²) in [6, 6.07) is 0. The molecule has 76 valence electrons. The van der Waals surface area contributed by atoms with Crippen molar-refractivity contribution in [1.29, 1.82) is 0 Å². The van der Waals surface area contributed by atoms with Gasteiger partial charge in [0.15, 0.2) is 0 Å². The van der Waals surface area contributed by atoms with Gasteiger partial charge in [-0.15, -0.1) is 10.2 Å². The summed E-state index contributed by atoms with van der Waals surface area (Å²) in [4.78, 5) is 11.2. The third kappa shape index (κ3) is 2.29. The topological polar surface area (TPSA) is 54.9 Å². The van der Waals surface area contributed by atoms with Crippen LogP contribution >= 0.6 is 11.3 Å². The molecule has 0 aliphatic heterocycles. The van der Waals surface area contributed by atoms with Crippen LogP contribution < -0.4 is 5.32 Å². The van der Waals surface area contributed by atoms with Gasteiger partial charge in [-0.1, -0.05) is 18.3 Å². The van der Waals surface area contributed by atoms with E-state index in [-0.39, 0.29) is 5.91 Å². The first-order valence-electron chi connectivity index (χ1n) is 4.93. The van der Waals surface area contributed by atoms with E-state index < -0.39 is 0 Å². The predicted molar refractivity (Wildman–Crippen MR) is 55.4 cm³/mol. The molecular weight excluding hydrogens is 198 g/mol. The molecule has 5 heteroatoms. The highest BCUT2D eigenvalue weighted by molar-refractivity contribution is 7.15. The van der Waals surface area contributed by atoms with Crippen LogP contribution in [0.2, 0.25) is 0 Å². The molecule has 1 aromatic rings. The van der Waals surface area contributed by atoms with Crippen molar-refractivity contribution < 1.29 is 4.79 Å². The van der Waals surface area contributed by atoms with E-state index in [0.29, 0.717) is 17.5 Å². The van der Waals surface area contributed by atoms with E-state index in [1.165, 1.54) is 24.2 Å². The maximum Gasteiger partial charge on any atom is 0.226 e. The molecule has 0 aromatic carbocycles. The van der Waals surface area contributed by atoms with E-state index >= 15 is 0 Å². The van der Waals surface area contributed by atoms with Gasteiger partial charge in [0.1, 0.15) is 5.01 Å². The molecule has 0 saturated heterocycles. The molecule has 0 atom stereocenters. The van der Waals surface area contributed by atoms with Gasteiger partial charge in [0.2, 0.25) is 11.0 Å². The van der Waals surface area contributed by atoms with Crippen molar-refractivity contribution in [2.45, 2.75) is 38.5 Å². The molecule has 1 aliphatic rings. The second-order valence-electron chi connectivity index (χ2n) is 3.52. The van der Waals surface area contributed by atoms with Crippen molar-refractivity contribution in [2.24, 2.45) is 0 Å². The number of amides is 1. The molecule has 1 heterocycles. The van der Waals surface area contributed by atoms with Crippen molar-refractivity contribution >= 4 is 22.4 Å². The second kappa shape index (κ2) is 4.04. The lowest BCUT2D eigenvalue weighted by Crippen LogP contribution is -2.10. The van der Waals surface area contributed by atoms with Crippen LogP contribution in [0.15, 0.2) is 0 Å². The lowest BCUT2D eigenvalue weighted by atomic mass is 10.3. The van der Waals surface area contributed by atoms with Crippen LogP contribution in [0.5, 0.6) is 0 Å². The lowest BCUT2D eigenvalue weighted by molar-refractivity contribution is -0.116. The van der Waals surface area contributed by atoms with Crippen LogP contribution in [0.3, 0.4) is 0 Å². The smallest absolute Gasteiger partial charge is 0.226 e. The van der Waals surface area contributed by atoms with Gasteiger partial charge in [-0.2, -0.15) is 0 Å². The molecule has 0 unspecified atom stereocenters. The summed E-state index contributed by atoms with van der Waals surface area (Å²) in [5.41, 5.74) is 0. The summed E-state index contributed by atoms with van der Waals surface area (Å²) in [6.45, 7) is 1.98.